The maximum atomic E-state index is 13.7. The van der Waals surface area contributed by atoms with Crippen LogP contribution in [0.4, 0.5) is 16.2 Å². The van der Waals surface area contributed by atoms with Crippen molar-refractivity contribution < 1.29 is 4.39 Å². The van der Waals surface area contributed by atoms with E-state index in [2.05, 4.69) is 27.4 Å². The van der Waals surface area contributed by atoms with E-state index in [1.54, 1.807) is 11.9 Å². The second kappa shape index (κ2) is 6.13. The smallest absolute Gasteiger partial charge is 0.224 e. The molecule has 4 nitrogen and oxygen atoms in total. The van der Waals surface area contributed by atoms with Gasteiger partial charge in [-0.15, -0.1) is 0 Å². The lowest BCUT2D eigenvalue weighted by atomic mass is 10.1. The Kier molecular flexibility index (Phi) is 4.28. The average Bonchev–Trinajstić information content (AvgIpc) is 2.46. The van der Waals surface area contributed by atoms with Crippen molar-refractivity contribution in [2.75, 3.05) is 30.9 Å². The predicted octanol–water partition coefficient (Wildman–Crippen LogP) is 2.34. The molecule has 100 valence electrons. The molecular formula is C14H17FN4. The molecule has 0 spiro atoms. The molecule has 0 radical (unpaired) electrons. The molecule has 5 heteroatoms. The summed E-state index contributed by atoms with van der Waals surface area (Å²) in [7, 11) is 3.54. The molecule has 0 bridgehead atoms. The van der Waals surface area contributed by atoms with Crippen molar-refractivity contribution in [2.45, 2.75) is 6.42 Å². The van der Waals surface area contributed by atoms with Crippen LogP contribution >= 0.6 is 0 Å². The van der Waals surface area contributed by atoms with Crippen LogP contribution in [-0.2, 0) is 6.42 Å². The summed E-state index contributed by atoms with van der Waals surface area (Å²) in [5.41, 5.74) is 1.22. The predicted molar refractivity (Wildman–Crippen MR) is 75.0 cm³/mol. The van der Waals surface area contributed by atoms with Gasteiger partial charge in [0.2, 0.25) is 5.95 Å². The van der Waals surface area contributed by atoms with Crippen LogP contribution in [0.2, 0.25) is 0 Å². The zero-order chi connectivity index (χ0) is 13.7. The van der Waals surface area contributed by atoms with Crippen LogP contribution < -0.4 is 10.2 Å². The Hall–Kier alpha value is -2.17. The zero-order valence-electron chi connectivity index (χ0n) is 11.1. The van der Waals surface area contributed by atoms with E-state index in [-0.39, 0.29) is 0 Å². The molecule has 0 saturated carbocycles. The summed E-state index contributed by atoms with van der Waals surface area (Å²) in [6, 6.07) is 10.1. The van der Waals surface area contributed by atoms with Crippen molar-refractivity contribution in [2.24, 2.45) is 0 Å². The Balaban J connectivity index is 2.05. The molecule has 0 saturated heterocycles. The molecule has 1 aromatic carbocycles. The van der Waals surface area contributed by atoms with Gasteiger partial charge in [0.05, 0.1) is 6.20 Å². The fourth-order valence-electron chi connectivity index (χ4n) is 1.79. The lowest BCUT2D eigenvalue weighted by Gasteiger charge is -2.19. The Bertz CT molecular complexity index is 530. The number of nitrogens with one attached hydrogen (secondary N) is 1. The number of aromatic nitrogens is 2. The average molecular weight is 260 g/mol. The van der Waals surface area contributed by atoms with Gasteiger partial charge in [-0.05, 0) is 12.0 Å². The summed E-state index contributed by atoms with van der Waals surface area (Å²) >= 11 is 0. The van der Waals surface area contributed by atoms with Crippen molar-refractivity contribution >= 4 is 11.8 Å². The van der Waals surface area contributed by atoms with E-state index < -0.39 is 5.82 Å². The minimum atomic E-state index is -0.408. The monoisotopic (exact) mass is 260 g/mol. The third-order valence-electron chi connectivity index (χ3n) is 2.89. The lowest BCUT2D eigenvalue weighted by molar-refractivity contribution is 0.608. The molecule has 0 unspecified atom stereocenters. The summed E-state index contributed by atoms with van der Waals surface area (Å²) in [5.74, 6) is 0.327. The van der Waals surface area contributed by atoms with Crippen LogP contribution in [0, 0.1) is 5.82 Å². The molecule has 0 atom stereocenters. The van der Waals surface area contributed by atoms with Gasteiger partial charge in [0.15, 0.2) is 11.6 Å². The Morgan fingerprint density at radius 3 is 2.68 bits per heavy atom. The zero-order valence-corrected chi connectivity index (χ0v) is 11.1. The van der Waals surface area contributed by atoms with E-state index in [1.165, 1.54) is 11.8 Å². The number of benzene rings is 1. The molecule has 0 fully saturated rings. The summed E-state index contributed by atoms with van der Waals surface area (Å²) in [5, 5.41) is 2.81. The summed E-state index contributed by atoms with van der Waals surface area (Å²) in [6.45, 7) is 0.696. The number of anilines is 2. The van der Waals surface area contributed by atoms with Crippen LogP contribution in [0.15, 0.2) is 36.5 Å². The van der Waals surface area contributed by atoms with E-state index in [1.807, 2.05) is 25.2 Å². The summed E-state index contributed by atoms with van der Waals surface area (Å²) < 4.78 is 13.7. The van der Waals surface area contributed by atoms with Crippen LogP contribution in [0.3, 0.4) is 0 Å². The molecule has 1 aromatic heterocycles. The van der Waals surface area contributed by atoms with E-state index in [4.69, 9.17) is 0 Å². The van der Waals surface area contributed by atoms with Crippen LogP contribution in [-0.4, -0.2) is 30.6 Å². The van der Waals surface area contributed by atoms with Crippen molar-refractivity contribution in [3.8, 4) is 0 Å². The number of nitrogens with zero attached hydrogens (tertiary/aromatic N) is 3. The quantitative estimate of drug-likeness (QED) is 0.896. The number of halogens is 1. The first-order valence-corrected chi connectivity index (χ1v) is 6.16. The van der Waals surface area contributed by atoms with Gasteiger partial charge < -0.3 is 10.2 Å². The molecule has 0 amide bonds. The molecule has 2 rings (SSSR count). The number of rotatable bonds is 5. The highest BCUT2D eigenvalue weighted by Crippen LogP contribution is 2.16. The SMILES string of the molecule is CNc1ncc(F)c(N(C)CCc2ccccc2)n1. The topological polar surface area (TPSA) is 41.1 Å². The normalized spacial score (nSPS) is 10.3. The van der Waals surface area contributed by atoms with Crippen LogP contribution in [0.1, 0.15) is 5.56 Å². The largest absolute Gasteiger partial charge is 0.357 e. The third-order valence-corrected chi connectivity index (χ3v) is 2.89. The standard InChI is InChI=1S/C14H17FN4/c1-16-14-17-10-12(15)13(18-14)19(2)9-8-11-6-4-3-5-7-11/h3-7,10H,8-9H2,1-2H3,(H,16,17,18). The molecule has 1 heterocycles. The summed E-state index contributed by atoms with van der Waals surface area (Å²) in [4.78, 5) is 9.76. The first-order valence-electron chi connectivity index (χ1n) is 6.16. The fourth-order valence-corrected chi connectivity index (χ4v) is 1.79. The van der Waals surface area contributed by atoms with Crippen molar-refractivity contribution in [1.29, 1.82) is 0 Å². The first kappa shape index (κ1) is 13.3. The first-order chi connectivity index (χ1) is 9.20. The van der Waals surface area contributed by atoms with Gasteiger partial charge in [0, 0.05) is 20.6 Å². The van der Waals surface area contributed by atoms with Gasteiger partial charge in [-0.3, -0.25) is 0 Å². The minimum absolute atomic E-state index is 0.315. The van der Waals surface area contributed by atoms with Gasteiger partial charge in [0.1, 0.15) is 0 Å². The van der Waals surface area contributed by atoms with Crippen LogP contribution in [0.25, 0.3) is 0 Å². The van der Waals surface area contributed by atoms with Gasteiger partial charge in [-0.25, -0.2) is 9.37 Å². The minimum Gasteiger partial charge on any atom is -0.357 e. The number of likely N-dealkylation sites (N-methyl/N-ethyl adjacent to an activating group) is 1. The summed E-state index contributed by atoms with van der Waals surface area (Å²) in [6.07, 6.45) is 2.03. The molecule has 0 aliphatic rings. The molecule has 1 N–H and O–H groups in total. The highest BCUT2D eigenvalue weighted by atomic mass is 19.1. The maximum Gasteiger partial charge on any atom is 0.224 e. The second-order valence-electron chi connectivity index (χ2n) is 4.27. The molecule has 2 aromatic rings. The number of hydrogen-bond donors (Lipinski definition) is 1. The van der Waals surface area contributed by atoms with Crippen molar-refractivity contribution in [3.63, 3.8) is 0 Å². The number of hydrogen-bond acceptors (Lipinski definition) is 4. The van der Waals surface area contributed by atoms with Gasteiger partial charge in [0.25, 0.3) is 0 Å². The Morgan fingerprint density at radius 1 is 1.26 bits per heavy atom. The third kappa shape index (κ3) is 3.40. The highest BCUT2D eigenvalue weighted by Gasteiger charge is 2.11. The van der Waals surface area contributed by atoms with Crippen molar-refractivity contribution in [1.82, 2.24) is 9.97 Å². The van der Waals surface area contributed by atoms with Gasteiger partial charge in [-0.1, -0.05) is 30.3 Å². The van der Waals surface area contributed by atoms with Gasteiger partial charge >= 0.3 is 0 Å². The van der Waals surface area contributed by atoms with Crippen LogP contribution in [0.5, 0.6) is 0 Å². The highest BCUT2D eigenvalue weighted by molar-refractivity contribution is 5.43. The van der Waals surface area contributed by atoms with E-state index >= 15 is 0 Å². The van der Waals surface area contributed by atoms with E-state index in [0.29, 0.717) is 18.3 Å². The maximum absolute atomic E-state index is 13.7. The Labute approximate surface area is 112 Å². The Morgan fingerprint density at radius 2 is 2.00 bits per heavy atom. The molecule has 0 aliphatic heterocycles. The van der Waals surface area contributed by atoms with E-state index in [9.17, 15) is 4.39 Å². The van der Waals surface area contributed by atoms with Crippen molar-refractivity contribution in [3.05, 3.63) is 47.9 Å². The lowest BCUT2D eigenvalue weighted by Crippen LogP contribution is -2.23. The van der Waals surface area contributed by atoms with E-state index in [0.717, 1.165) is 6.42 Å². The second-order valence-corrected chi connectivity index (χ2v) is 4.27. The van der Waals surface area contributed by atoms with Gasteiger partial charge in [-0.2, -0.15) is 4.98 Å². The molecular weight excluding hydrogens is 243 g/mol. The fraction of sp³-hybridized carbons (Fsp3) is 0.286. The molecule has 19 heavy (non-hydrogen) atoms. The molecule has 0 aliphatic carbocycles.